The molecule has 7 nitrogen and oxygen atoms in total. The molecule has 1 amide bonds. The molecule has 0 aliphatic rings. The monoisotopic (exact) mass is 356 g/mol. The van der Waals surface area contributed by atoms with Crippen molar-refractivity contribution in [2.45, 2.75) is 6.92 Å². The molecule has 132 valence electrons. The van der Waals surface area contributed by atoms with Crippen molar-refractivity contribution >= 4 is 34.7 Å². The predicted octanol–water partition coefficient (Wildman–Crippen LogP) is 3.60. The van der Waals surface area contributed by atoms with E-state index in [-0.39, 0.29) is 11.9 Å². The average Bonchev–Trinajstić information content (AvgIpc) is 2.60. The van der Waals surface area contributed by atoms with Crippen LogP contribution in [0.2, 0.25) is 0 Å². The highest BCUT2D eigenvalue weighted by atomic mass is 19.2. The van der Waals surface area contributed by atoms with Crippen molar-refractivity contribution in [1.82, 2.24) is 15.2 Å². The Kier molecular flexibility index (Phi) is 4.97. The van der Waals surface area contributed by atoms with Gasteiger partial charge in [0.2, 0.25) is 11.9 Å². The standard InChI is InChI=1S/C17H14F2N6O/c1-10(26)21-11-2-4-12(5-3-11)22-16-9-20-25-17(24-16)23-13-6-7-14(18)15(19)8-13/h2-9H,1H3,(H,21,26)(H2,22,23,24,25). The maximum absolute atomic E-state index is 13.3. The molecule has 2 aromatic carbocycles. The highest BCUT2D eigenvalue weighted by Crippen LogP contribution is 2.19. The molecule has 3 N–H and O–H groups in total. The van der Waals surface area contributed by atoms with Gasteiger partial charge in [-0.2, -0.15) is 10.1 Å². The van der Waals surface area contributed by atoms with Crippen molar-refractivity contribution in [3.63, 3.8) is 0 Å². The Hall–Kier alpha value is -3.62. The van der Waals surface area contributed by atoms with Crippen LogP contribution in [0.5, 0.6) is 0 Å². The summed E-state index contributed by atoms with van der Waals surface area (Å²) in [6, 6.07) is 10.4. The lowest BCUT2D eigenvalue weighted by atomic mass is 10.3. The van der Waals surface area contributed by atoms with Crippen molar-refractivity contribution in [3.05, 3.63) is 60.3 Å². The van der Waals surface area contributed by atoms with Crippen LogP contribution >= 0.6 is 0 Å². The van der Waals surface area contributed by atoms with E-state index >= 15 is 0 Å². The Balaban J connectivity index is 1.70. The normalized spacial score (nSPS) is 10.3. The molecule has 0 aliphatic heterocycles. The van der Waals surface area contributed by atoms with Gasteiger partial charge in [0, 0.05) is 30.1 Å². The summed E-state index contributed by atoms with van der Waals surface area (Å²) >= 11 is 0. The van der Waals surface area contributed by atoms with E-state index in [9.17, 15) is 13.6 Å². The lowest BCUT2D eigenvalue weighted by molar-refractivity contribution is -0.114. The number of carbonyl (C=O) groups excluding carboxylic acids is 1. The Morgan fingerprint density at radius 2 is 1.62 bits per heavy atom. The third kappa shape index (κ3) is 4.47. The summed E-state index contributed by atoms with van der Waals surface area (Å²) in [5.41, 5.74) is 1.69. The Labute approximate surface area is 147 Å². The molecule has 3 aromatic rings. The topological polar surface area (TPSA) is 91.8 Å². The molecule has 26 heavy (non-hydrogen) atoms. The van der Waals surface area contributed by atoms with Gasteiger partial charge in [0.15, 0.2) is 17.5 Å². The van der Waals surface area contributed by atoms with Crippen LogP contribution in [0, 0.1) is 11.6 Å². The Morgan fingerprint density at radius 1 is 0.923 bits per heavy atom. The molecule has 1 aromatic heterocycles. The first-order chi connectivity index (χ1) is 12.5. The number of carbonyl (C=O) groups is 1. The molecule has 1 heterocycles. The zero-order chi connectivity index (χ0) is 18.5. The minimum absolute atomic E-state index is 0.121. The fourth-order valence-corrected chi connectivity index (χ4v) is 2.11. The second kappa shape index (κ2) is 7.51. The minimum atomic E-state index is -0.975. The van der Waals surface area contributed by atoms with Gasteiger partial charge in [-0.15, -0.1) is 5.10 Å². The van der Waals surface area contributed by atoms with Crippen LogP contribution in [-0.2, 0) is 4.79 Å². The van der Waals surface area contributed by atoms with E-state index in [4.69, 9.17) is 0 Å². The first-order valence-electron chi connectivity index (χ1n) is 7.56. The fourth-order valence-electron chi connectivity index (χ4n) is 2.11. The van der Waals surface area contributed by atoms with Crippen LogP contribution in [0.1, 0.15) is 6.92 Å². The number of halogens is 2. The molecule has 0 spiro atoms. The SMILES string of the molecule is CC(=O)Nc1ccc(Nc2cnnc(Nc3ccc(F)c(F)c3)n2)cc1. The number of rotatable bonds is 5. The van der Waals surface area contributed by atoms with Gasteiger partial charge in [-0.05, 0) is 36.4 Å². The Bertz CT molecular complexity index is 933. The maximum atomic E-state index is 13.3. The second-order valence-electron chi connectivity index (χ2n) is 5.30. The number of amides is 1. The van der Waals surface area contributed by atoms with E-state index in [1.54, 1.807) is 24.3 Å². The third-order valence-corrected chi connectivity index (χ3v) is 3.21. The number of aromatic nitrogens is 3. The lowest BCUT2D eigenvalue weighted by Gasteiger charge is -2.09. The minimum Gasteiger partial charge on any atom is -0.339 e. The average molecular weight is 356 g/mol. The van der Waals surface area contributed by atoms with E-state index in [1.165, 1.54) is 19.2 Å². The summed E-state index contributed by atoms with van der Waals surface area (Å²) in [7, 11) is 0. The van der Waals surface area contributed by atoms with E-state index < -0.39 is 11.6 Å². The smallest absolute Gasteiger partial charge is 0.249 e. The summed E-state index contributed by atoms with van der Waals surface area (Å²) in [5, 5.41) is 16.1. The fraction of sp³-hybridized carbons (Fsp3) is 0.0588. The van der Waals surface area contributed by atoms with E-state index in [0.717, 1.165) is 17.8 Å². The zero-order valence-electron chi connectivity index (χ0n) is 13.6. The Morgan fingerprint density at radius 3 is 2.31 bits per heavy atom. The van der Waals surface area contributed by atoms with Crippen LogP contribution in [0.25, 0.3) is 0 Å². The van der Waals surface area contributed by atoms with Gasteiger partial charge in [0.1, 0.15) is 0 Å². The molecule has 0 radical (unpaired) electrons. The van der Waals surface area contributed by atoms with Gasteiger partial charge in [-0.1, -0.05) is 0 Å². The molecule has 0 fully saturated rings. The highest BCUT2D eigenvalue weighted by molar-refractivity contribution is 5.88. The molecule has 9 heteroatoms. The molecule has 0 unspecified atom stereocenters. The van der Waals surface area contributed by atoms with E-state index in [0.29, 0.717) is 17.2 Å². The van der Waals surface area contributed by atoms with Crippen molar-refractivity contribution in [2.24, 2.45) is 0 Å². The van der Waals surface area contributed by atoms with Crippen LogP contribution in [0.4, 0.5) is 37.6 Å². The second-order valence-corrected chi connectivity index (χ2v) is 5.30. The number of hydrogen-bond acceptors (Lipinski definition) is 6. The predicted molar refractivity (Wildman–Crippen MR) is 93.5 cm³/mol. The zero-order valence-corrected chi connectivity index (χ0v) is 13.6. The van der Waals surface area contributed by atoms with Crippen LogP contribution in [-0.4, -0.2) is 21.1 Å². The number of nitrogens with zero attached hydrogens (tertiary/aromatic N) is 3. The van der Waals surface area contributed by atoms with Gasteiger partial charge in [-0.25, -0.2) is 8.78 Å². The summed E-state index contributed by atoms with van der Waals surface area (Å²) in [6.45, 7) is 1.43. The van der Waals surface area contributed by atoms with Crippen LogP contribution in [0.3, 0.4) is 0 Å². The van der Waals surface area contributed by atoms with Gasteiger partial charge in [0.25, 0.3) is 0 Å². The first kappa shape index (κ1) is 17.2. The molecule has 0 aliphatic carbocycles. The van der Waals surface area contributed by atoms with Crippen LogP contribution < -0.4 is 16.0 Å². The van der Waals surface area contributed by atoms with Crippen LogP contribution in [0.15, 0.2) is 48.7 Å². The van der Waals surface area contributed by atoms with Gasteiger partial charge < -0.3 is 16.0 Å². The highest BCUT2D eigenvalue weighted by Gasteiger charge is 2.06. The van der Waals surface area contributed by atoms with Crippen molar-refractivity contribution in [1.29, 1.82) is 0 Å². The molecule has 0 bridgehead atoms. The van der Waals surface area contributed by atoms with Crippen molar-refractivity contribution in [3.8, 4) is 0 Å². The maximum Gasteiger partial charge on any atom is 0.249 e. The largest absolute Gasteiger partial charge is 0.339 e. The van der Waals surface area contributed by atoms with Gasteiger partial charge >= 0.3 is 0 Å². The van der Waals surface area contributed by atoms with Crippen molar-refractivity contribution < 1.29 is 13.6 Å². The number of anilines is 5. The van der Waals surface area contributed by atoms with Gasteiger partial charge in [-0.3, -0.25) is 4.79 Å². The number of benzene rings is 2. The lowest BCUT2D eigenvalue weighted by Crippen LogP contribution is -2.05. The molecule has 3 rings (SSSR count). The summed E-state index contributed by atoms with van der Waals surface area (Å²) < 4.78 is 26.2. The third-order valence-electron chi connectivity index (χ3n) is 3.21. The summed E-state index contributed by atoms with van der Waals surface area (Å²) in [6.07, 6.45) is 1.41. The molecular formula is C17H14F2N6O. The summed E-state index contributed by atoms with van der Waals surface area (Å²) in [5.74, 6) is -1.55. The van der Waals surface area contributed by atoms with E-state index in [1.807, 2.05) is 0 Å². The van der Waals surface area contributed by atoms with Crippen molar-refractivity contribution in [2.75, 3.05) is 16.0 Å². The first-order valence-corrected chi connectivity index (χ1v) is 7.56. The van der Waals surface area contributed by atoms with Gasteiger partial charge in [0.05, 0.1) is 6.20 Å². The molecule has 0 saturated carbocycles. The van der Waals surface area contributed by atoms with E-state index in [2.05, 4.69) is 31.1 Å². The quantitative estimate of drug-likeness (QED) is 0.647. The number of hydrogen-bond donors (Lipinski definition) is 3. The molecule has 0 saturated heterocycles. The number of nitrogens with one attached hydrogen (secondary N) is 3. The summed E-state index contributed by atoms with van der Waals surface area (Å²) in [4.78, 5) is 15.2. The molecular weight excluding hydrogens is 342 g/mol. The molecule has 0 atom stereocenters.